The van der Waals surface area contributed by atoms with Gasteiger partial charge in [-0.25, -0.2) is 13.4 Å². The summed E-state index contributed by atoms with van der Waals surface area (Å²) in [5.41, 5.74) is 1.10. The van der Waals surface area contributed by atoms with E-state index >= 15 is 0 Å². The van der Waals surface area contributed by atoms with Gasteiger partial charge in [0.05, 0.1) is 11.4 Å². The van der Waals surface area contributed by atoms with Gasteiger partial charge in [-0.3, -0.25) is 4.72 Å². The van der Waals surface area contributed by atoms with E-state index in [1.807, 2.05) is 0 Å². The van der Waals surface area contributed by atoms with E-state index in [2.05, 4.69) is 9.71 Å². The first-order valence-electron chi connectivity index (χ1n) is 4.13. The molecule has 0 amide bonds. The van der Waals surface area contributed by atoms with Gasteiger partial charge in [0.1, 0.15) is 0 Å². The Balaban J connectivity index is 2.94. The summed E-state index contributed by atoms with van der Waals surface area (Å²) in [6, 6.07) is 1.61. The molecule has 1 rings (SSSR count). The predicted octanol–water partition coefficient (Wildman–Crippen LogP) is 2.02. The Labute approximate surface area is 98.7 Å². The summed E-state index contributed by atoms with van der Waals surface area (Å²) in [5, 5.41) is 0.124. The van der Waals surface area contributed by atoms with Crippen LogP contribution >= 0.6 is 23.2 Å². The summed E-state index contributed by atoms with van der Waals surface area (Å²) in [5.74, 6) is -0.120. The van der Waals surface area contributed by atoms with Gasteiger partial charge in [-0.1, -0.05) is 11.6 Å². The number of halogens is 2. The monoisotopic (exact) mass is 268 g/mol. The van der Waals surface area contributed by atoms with Gasteiger partial charge < -0.3 is 0 Å². The summed E-state index contributed by atoms with van der Waals surface area (Å²) < 4.78 is 25.1. The molecular weight excluding hydrogens is 259 g/mol. The number of pyridine rings is 1. The number of nitrogens with zero attached hydrogens (tertiary/aromatic N) is 1. The molecule has 15 heavy (non-hydrogen) atoms. The Kier molecular flexibility index (Phi) is 4.19. The third-order valence-electron chi connectivity index (χ3n) is 1.59. The molecule has 1 aromatic rings. The second-order valence-electron chi connectivity index (χ2n) is 2.96. The number of sulfonamides is 1. The summed E-state index contributed by atoms with van der Waals surface area (Å²) in [4.78, 5) is 3.83. The van der Waals surface area contributed by atoms with Crippen molar-refractivity contribution in [2.45, 2.75) is 6.92 Å². The van der Waals surface area contributed by atoms with Gasteiger partial charge in [0.15, 0.2) is 5.15 Å². The van der Waals surface area contributed by atoms with E-state index in [0.29, 0.717) is 0 Å². The van der Waals surface area contributed by atoms with Crippen molar-refractivity contribution in [2.24, 2.45) is 0 Å². The van der Waals surface area contributed by atoms with Crippen LogP contribution in [-0.4, -0.2) is 25.0 Å². The lowest BCUT2D eigenvalue weighted by atomic mass is 10.3. The van der Waals surface area contributed by atoms with Crippen LogP contribution in [0.15, 0.2) is 12.3 Å². The Morgan fingerprint density at radius 3 is 2.80 bits per heavy atom. The second-order valence-corrected chi connectivity index (χ2v) is 5.54. The fraction of sp³-hybridized carbons (Fsp3) is 0.375. The molecule has 0 aliphatic carbocycles. The zero-order valence-corrected chi connectivity index (χ0v) is 10.3. The van der Waals surface area contributed by atoms with Crippen LogP contribution < -0.4 is 4.72 Å². The first-order valence-corrected chi connectivity index (χ1v) is 6.69. The van der Waals surface area contributed by atoms with Gasteiger partial charge in [0, 0.05) is 12.1 Å². The minimum Gasteiger partial charge on any atom is -0.280 e. The van der Waals surface area contributed by atoms with Crippen LogP contribution in [0.25, 0.3) is 0 Å². The smallest absolute Gasteiger partial charge is 0.234 e. The highest BCUT2D eigenvalue weighted by Gasteiger charge is 2.12. The molecule has 0 radical (unpaired) electrons. The molecule has 0 aromatic carbocycles. The van der Waals surface area contributed by atoms with Gasteiger partial charge in [0.2, 0.25) is 10.0 Å². The fourth-order valence-electron chi connectivity index (χ4n) is 0.944. The van der Waals surface area contributed by atoms with Crippen molar-refractivity contribution < 1.29 is 8.42 Å². The third-order valence-corrected chi connectivity index (χ3v) is 3.57. The molecule has 0 saturated heterocycles. The topological polar surface area (TPSA) is 59.1 Å². The molecule has 0 fully saturated rings. The molecule has 1 heterocycles. The van der Waals surface area contributed by atoms with Crippen LogP contribution in [0.5, 0.6) is 0 Å². The van der Waals surface area contributed by atoms with Crippen molar-refractivity contribution in [3.05, 3.63) is 23.0 Å². The van der Waals surface area contributed by atoms with E-state index in [-0.39, 0.29) is 22.5 Å². The van der Waals surface area contributed by atoms with Crippen LogP contribution in [0.3, 0.4) is 0 Å². The van der Waals surface area contributed by atoms with Crippen LogP contribution in [0.4, 0.5) is 5.69 Å². The van der Waals surface area contributed by atoms with Crippen molar-refractivity contribution >= 4 is 38.9 Å². The van der Waals surface area contributed by atoms with E-state index in [0.717, 1.165) is 5.56 Å². The molecule has 1 N–H and O–H groups in total. The lowest BCUT2D eigenvalue weighted by Crippen LogP contribution is -2.18. The van der Waals surface area contributed by atoms with E-state index in [4.69, 9.17) is 23.2 Å². The maximum atomic E-state index is 11.4. The first kappa shape index (κ1) is 12.5. The zero-order chi connectivity index (χ0) is 11.5. The molecule has 0 aliphatic heterocycles. The van der Waals surface area contributed by atoms with E-state index in [9.17, 15) is 8.42 Å². The van der Waals surface area contributed by atoms with Crippen molar-refractivity contribution in [3.63, 3.8) is 0 Å². The van der Waals surface area contributed by atoms with E-state index < -0.39 is 10.0 Å². The molecule has 0 atom stereocenters. The maximum absolute atomic E-state index is 11.4. The molecule has 0 aliphatic rings. The van der Waals surface area contributed by atoms with Crippen molar-refractivity contribution in [2.75, 3.05) is 16.4 Å². The van der Waals surface area contributed by atoms with Gasteiger partial charge >= 0.3 is 0 Å². The number of alkyl halides is 1. The Morgan fingerprint density at radius 1 is 1.53 bits per heavy atom. The number of aromatic nitrogens is 1. The van der Waals surface area contributed by atoms with Gasteiger partial charge in [0.25, 0.3) is 0 Å². The summed E-state index contributed by atoms with van der Waals surface area (Å²) in [6.45, 7) is 1.79. The molecule has 84 valence electrons. The minimum atomic E-state index is -3.43. The lowest BCUT2D eigenvalue weighted by molar-refractivity contribution is 0.602. The quantitative estimate of drug-likeness (QED) is 0.672. The minimum absolute atomic E-state index is 0.0339. The van der Waals surface area contributed by atoms with Crippen LogP contribution in [-0.2, 0) is 10.0 Å². The van der Waals surface area contributed by atoms with Crippen LogP contribution in [0.2, 0.25) is 5.15 Å². The predicted molar refractivity (Wildman–Crippen MR) is 62.1 cm³/mol. The highest BCUT2D eigenvalue weighted by atomic mass is 35.5. The normalized spacial score (nSPS) is 11.4. The molecule has 0 spiro atoms. The summed E-state index contributed by atoms with van der Waals surface area (Å²) in [7, 11) is -3.43. The number of hydrogen-bond donors (Lipinski definition) is 1. The SMILES string of the molecule is Cc1cnc(Cl)c(NS(=O)(=O)CCCl)c1. The lowest BCUT2D eigenvalue weighted by Gasteiger charge is -2.08. The molecule has 0 bridgehead atoms. The number of anilines is 1. The highest BCUT2D eigenvalue weighted by Crippen LogP contribution is 2.20. The molecule has 4 nitrogen and oxygen atoms in total. The zero-order valence-electron chi connectivity index (χ0n) is 8.00. The maximum Gasteiger partial charge on any atom is 0.234 e. The largest absolute Gasteiger partial charge is 0.280 e. The van der Waals surface area contributed by atoms with Gasteiger partial charge in [-0.05, 0) is 18.6 Å². The Bertz CT molecular complexity index is 448. The summed E-state index contributed by atoms with van der Waals surface area (Å²) >= 11 is 11.1. The molecule has 0 saturated carbocycles. The number of aryl methyl sites for hydroxylation is 1. The van der Waals surface area contributed by atoms with Gasteiger partial charge in [-0.15, -0.1) is 11.6 Å². The molecule has 0 unspecified atom stereocenters. The average Bonchev–Trinajstić information content (AvgIpc) is 2.10. The molecule has 1 aromatic heterocycles. The molecular formula is C8H10Cl2N2O2S. The highest BCUT2D eigenvalue weighted by molar-refractivity contribution is 7.92. The van der Waals surface area contributed by atoms with Crippen molar-refractivity contribution in [3.8, 4) is 0 Å². The van der Waals surface area contributed by atoms with Crippen LogP contribution in [0.1, 0.15) is 5.56 Å². The van der Waals surface area contributed by atoms with E-state index in [1.54, 1.807) is 19.2 Å². The van der Waals surface area contributed by atoms with Crippen LogP contribution in [0, 0.1) is 6.92 Å². The fourth-order valence-corrected chi connectivity index (χ4v) is 2.56. The number of nitrogens with one attached hydrogen (secondary N) is 1. The first-order chi connectivity index (χ1) is 6.94. The third kappa shape index (κ3) is 3.85. The van der Waals surface area contributed by atoms with Crippen molar-refractivity contribution in [1.29, 1.82) is 0 Å². The number of hydrogen-bond acceptors (Lipinski definition) is 3. The Hall–Kier alpha value is -0.520. The summed E-state index contributed by atoms with van der Waals surface area (Å²) in [6.07, 6.45) is 1.56. The Morgan fingerprint density at radius 2 is 2.20 bits per heavy atom. The average molecular weight is 269 g/mol. The standard InChI is InChI=1S/C8H10Cl2N2O2S/c1-6-4-7(8(10)11-5-6)12-15(13,14)3-2-9/h4-5,12H,2-3H2,1H3. The van der Waals surface area contributed by atoms with Crippen molar-refractivity contribution in [1.82, 2.24) is 4.98 Å². The van der Waals surface area contributed by atoms with E-state index in [1.165, 1.54) is 0 Å². The number of rotatable bonds is 4. The molecule has 7 heteroatoms. The van der Waals surface area contributed by atoms with Gasteiger partial charge in [-0.2, -0.15) is 0 Å². The second kappa shape index (κ2) is 5.01.